The molecule has 0 saturated carbocycles. The highest BCUT2D eigenvalue weighted by Gasteiger charge is 2.18. The molecule has 1 heterocycles. The van der Waals surface area contributed by atoms with Crippen LogP contribution in [0.15, 0.2) is 77.0 Å². The minimum Gasteiger partial charge on any atom is -0.465 e. The van der Waals surface area contributed by atoms with Crippen molar-refractivity contribution in [1.82, 2.24) is 10.6 Å². The van der Waals surface area contributed by atoms with E-state index in [1.54, 1.807) is 36.4 Å². The average molecular weight is 388 g/mol. The molecule has 5 heteroatoms. The third-order valence-corrected chi connectivity index (χ3v) is 4.74. The summed E-state index contributed by atoms with van der Waals surface area (Å²) in [6, 6.07) is 18.0. The summed E-state index contributed by atoms with van der Waals surface area (Å²) >= 11 is 0. The lowest BCUT2D eigenvalue weighted by Gasteiger charge is -2.17. The molecule has 0 aliphatic rings. The van der Waals surface area contributed by atoms with Crippen LogP contribution in [0.4, 0.5) is 0 Å². The summed E-state index contributed by atoms with van der Waals surface area (Å²) < 4.78 is 5.31. The van der Waals surface area contributed by atoms with E-state index in [9.17, 15) is 9.59 Å². The summed E-state index contributed by atoms with van der Waals surface area (Å²) in [6.07, 6.45) is 3.03. The fraction of sp³-hybridized carbons (Fsp3) is 0.167. The first-order valence-electron chi connectivity index (χ1n) is 9.43. The molecule has 2 N–H and O–H groups in total. The third-order valence-electron chi connectivity index (χ3n) is 4.74. The van der Waals surface area contributed by atoms with Gasteiger partial charge in [0.1, 0.15) is 11.5 Å². The lowest BCUT2D eigenvalue weighted by atomic mass is 10.0. The zero-order valence-electron chi connectivity index (χ0n) is 16.7. The van der Waals surface area contributed by atoms with Crippen LogP contribution in [0, 0.1) is 13.8 Å². The van der Waals surface area contributed by atoms with E-state index in [1.165, 1.54) is 17.9 Å². The SMILES string of the molecule is Cc1ccc([C@@H](C)NC(=O)/C(=C/c2ccco2)NC(=O)c2ccccc2)cc1C. The number of aryl methyl sites for hydroxylation is 2. The molecule has 1 aromatic heterocycles. The van der Waals surface area contributed by atoms with Crippen LogP contribution in [-0.4, -0.2) is 11.8 Å². The number of carbonyl (C=O) groups excluding carboxylic acids is 2. The molecule has 0 bridgehead atoms. The number of carbonyl (C=O) groups is 2. The van der Waals surface area contributed by atoms with Crippen LogP contribution in [0.5, 0.6) is 0 Å². The zero-order valence-corrected chi connectivity index (χ0v) is 16.7. The summed E-state index contributed by atoms with van der Waals surface area (Å²) in [5.41, 5.74) is 3.93. The van der Waals surface area contributed by atoms with Crippen molar-refractivity contribution in [2.75, 3.05) is 0 Å². The minimum atomic E-state index is -0.392. The van der Waals surface area contributed by atoms with Crippen molar-refractivity contribution in [1.29, 1.82) is 0 Å². The maximum absolute atomic E-state index is 12.9. The summed E-state index contributed by atoms with van der Waals surface area (Å²) in [5, 5.41) is 5.65. The van der Waals surface area contributed by atoms with Crippen molar-refractivity contribution in [3.05, 3.63) is 101 Å². The molecule has 0 aliphatic heterocycles. The van der Waals surface area contributed by atoms with Crippen molar-refractivity contribution in [3.63, 3.8) is 0 Å². The summed E-state index contributed by atoms with van der Waals surface area (Å²) in [6.45, 7) is 5.99. The number of amides is 2. The Kier molecular flexibility index (Phi) is 6.29. The van der Waals surface area contributed by atoms with Crippen molar-refractivity contribution >= 4 is 17.9 Å². The van der Waals surface area contributed by atoms with Crippen LogP contribution in [-0.2, 0) is 4.79 Å². The van der Waals surface area contributed by atoms with Crippen LogP contribution in [0.25, 0.3) is 6.08 Å². The largest absolute Gasteiger partial charge is 0.465 e. The Bertz CT molecular complexity index is 1020. The molecule has 3 rings (SSSR count). The molecular formula is C24H24N2O3. The van der Waals surface area contributed by atoms with E-state index in [0.717, 1.165) is 11.1 Å². The predicted octanol–water partition coefficient (Wildman–Crippen LogP) is 4.54. The van der Waals surface area contributed by atoms with Crippen molar-refractivity contribution in [2.45, 2.75) is 26.8 Å². The first-order chi connectivity index (χ1) is 13.9. The maximum Gasteiger partial charge on any atom is 0.268 e. The topological polar surface area (TPSA) is 71.3 Å². The van der Waals surface area contributed by atoms with Gasteiger partial charge in [0.2, 0.25) is 0 Å². The first kappa shape index (κ1) is 20.1. The lowest BCUT2D eigenvalue weighted by molar-refractivity contribution is -0.118. The van der Waals surface area contributed by atoms with E-state index in [0.29, 0.717) is 11.3 Å². The number of rotatable bonds is 6. The molecule has 0 aliphatic carbocycles. The second kappa shape index (κ2) is 9.06. The van der Waals surface area contributed by atoms with Crippen LogP contribution < -0.4 is 10.6 Å². The van der Waals surface area contributed by atoms with Gasteiger partial charge in [-0.25, -0.2) is 0 Å². The van der Waals surface area contributed by atoms with Gasteiger partial charge in [0.05, 0.1) is 12.3 Å². The van der Waals surface area contributed by atoms with Gasteiger partial charge >= 0.3 is 0 Å². The molecule has 29 heavy (non-hydrogen) atoms. The Morgan fingerprint density at radius 1 is 0.966 bits per heavy atom. The molecule has 1 atom stereocenters. The molecule has 0 saturated heterocycles. The van der Waals surface area contributed by atoms with Crippen molar-refractivity contribution in [2.24, 2.45) is 0 Å². The molecule has 5 nitrogen and oxygen atoms in total. The van der Waals surface area contributed by atoms with E-state index < -0.39 is 5.91 Å². The molecule has 148 valence electrons. The summed E-state index contributed by atoms with van der Waals surface area (Å²) in [4.78, 5) is 25.5. The van der Waals surface area contributed by atoms with E-state index in [4.69, 9.17) is 4.42 Å². The molecule has 0 radical (unpaired) electrons. The quantitative estimate of drug-likeness (QED) is 0.609. The van der Waals surface area contributed by atoms with Gasteiger partial charge in [-0.2, -0.15) is 0 Å². The average Bonchev–Trinajstić information content (AvgIpc) is 3.23. The minimum absolute atomic E-state index is 0.115. The van der Waals surface area contributed by atoms with Gasteiger partial charge in [0.15, 0.2) is 0 Å². The van der Waals surface area contributed by atoms with Gasteiger partial charge in [-0.15, -0.1) is 0 Å². The Morgan fingerprint density at radius 2 is 1.72 bits per heavy atom. The predicted molar refractivity (Wildman–Crippen MR) is 113 cm³/mol. The van der Waals surface area contributed by atoms with Crippen LogP contribution in [0.3, 0.4) is 0 Å². The summed E-state index contributed by atoms with van der Waals surface area (Å²) in [7, 11) is 0. The third kappa shape index (κ3) is 5.23. The molecule has 0 fully saturated rings. The van der Waals surface area contributed by atoms with Crippen molar-refractivity contribution in [3.8, 4) is 0 Å². The Morgan fingerprint density at radius 3 is 2.38 bits per heavy atom. The van der Waals surface area contributed by atoms with Gasteiger partial charge < -0.3 is 15.1 Å². The van der Waals surface area contributed by atoms with Crippen LogP contribution in [0.1, 0.15) is 45.8 Å². The second-order valence-corrected chi connectivity index (χ2v) is 6.93. The highest BCUT2D eigenvalue weighted by molar-refractivity contribution is 6.05. The summed E-state index contributed by atoms with van der Waals surface area (Å²) in [5.74, 6) is -0.281. The first-order valence-corrected chi connectivity index (χ1v) is 9.43. The van der Waals surface area contributed by atoms with Gasteiger partial charge in [-0.1, -0.05) is 36.4 Å². The molecule has 3 aromatic rings. The molecule has 0 unspecified atom stereocenters. The van der Waals surface area contributed by atoms with E-state index in [1.807, 2.05) is 39.0 Å². The second-order valence-electron chi connectivity index (χ2n) is 6.93. The normalized spacial score (nSPS) is 12.3. The molecule has 0 spiro atoms. The van der Waals surface area contributed by atoms with Gasteiger partial charge in [0.25, 0.3) is 11.8 Å². The Hall–Kier alpha value is -3.60. The Balaban J connectivity index is 1.80. The van der Waals surface area contributed by atoms with E-state index >= 15 is 0 Å². The number of furan rings is 1. The maximum atomic E-state index is 12.9. The molecule has 2 amide bonds. The van der Waals surface area contributed by atoms with Crippen molar-refractivity contribution < 1.29 is 14.0 Å². The zero-order chi connectivity index (χ0) is 20.8. The number of benzene rings is 2. The number of nitrogens with one attached hydrogen (secondary N) is 2. The monoisotopic (exact) mass is 388 g/mol. The van der Waals surface area contributed by atoms with E-state index in [2.05, 4.69) is 16.7 Å². The fourth-order valence-corrected chi connectivity index (χ4v) is 2.85. The van der Waals surface area contributed by atoms with E-state index in [-0.39, 0.29) is 17.6 Å². The molecule has 2 aromatic carbocycles. The van der Waals surface area contributed by atoms with Gasteiger partial charge in [-0.05, 0) is 61.7 Å². The van der Waals surface area contributed by atoms with Gasteiger partial charge in [-0.3, -0.25) is 9.59 Å². The Labute approximate surface area is 170 Å². The fourth-order valence-electron chi connectivity index (χ4n) is 2.85. The van der Waals surface area contributed by atoms with Gasteiger partial charge in [0, 0.05) is 11.6 Å². The number of hydrogen-bond donors (Lipinski definition) is 2. The lowest BCUT2D eigenvalue weighted by Crippen LogP contribution is -2.36. The van der Waals surface area contributed by atoms with Crippen LogP contribution in [0.2, 0.25) is 0 Å². The van der Waals surface area contributed by atoms with Crippen LogP contribution >= 0.6 is 0 Å². The molecular weight excluding hydrogens is 364 g/mol. The smallest absolute Gasteiger partial charge is 0.268 e. The highest BCUT2D eigenvalue weighted by atomic mass is 16.3. The standard InChI is InChI=1S/C24H24N2O3/c1-16-11-12-20(14-17(16)2)18(3)25-24(28)22(15-21-10-7-13-29-21)26-23(27)19-8-5-4-6-9-19/h4-15,18H,1-3H3,(H,25,28)(H,26,27)/b22-15-/t18-/m1/s1. The number of hydrogen-bond acceptors (Lipinski definition) is 3. The highest BCUT2D eigenvalue weighted by Crippen LogP contribution is 2.17.